The summed E-state index contributed by atoms with van der Waals surface area (Å²) in [7, 11) is 0. The molecule has 1 rings (SSSR count). The maximum absolute atomic E-state index is 2.33. The van der Waals surface area contributed by atoms with Gasteiger partial charge in [-0.25, -0.2) is 0 Å². The summed E-state index contributed by atoms with van der Waals surface area (Å²) in [6, 6.07) is 0. The molecule has 0 aromatic rings. The third kappa shape index (κ3) is 6.39. The van der Waals surface area contributed by atoms with Crippen molar-refractivity contribution in [3.8, 4) is 0 Å². The molecule has 0 amide bonds. The van der Waals surface area contributed by atoms with Crippen molar-refractivity contribution in [2.75, 3.05) is 0 Å². The van der Waals surface area contributed by atoms with Gasteiger partial charge in [-0.2, -0.15) is 0 Å². The van der Waals surface area contributed by atoms with Gasteiger partial charge in [0.2, 0.25) is 0 Å². The van der Waals surface area contributed by atoms with Crippen LogP contribution in [0.2, 0.25) is 0 Å². The highest BCUT2D eigenvalue weighted by atomic mass is 13.9. The van der Waals surface area contributed by atoms with E-state index in [1.54, 1.807) is 0 Å². The molecule has 13 heavy (non-hydrogen) atoms. The minimum Gasteiger partial charge on any atom is -0.0885 e. The predicted molar refractivity (Wildman–Crippen MR) is 59.7 cm³/mol. The number of hydrogen-bond acceptors (Lipinski definition) is 0. The van der Waals surface area contributed by atoms with E-state index in [4.69, 9.17) is 0 Å². The molecule has 0 N–H and O–H groups in total. The Kier molecular flexibility index (Phi) is 6.22. The molecule has 0 bridgehead atoms. The number of rotatable bonds is 0. The number of hydrogen-bond donors (Lipinski definition) is 0. The monoisotopic (exact) mass is 176 g/mol. The van der Waals surface area contributed by atoms with Crippen LogP contribution in [-0.4, -0.2) is 0 Å². The Morgan fingerprint density at radius 3 is 1.31 bits per heavy atom. The summed E-state index contributed by atoms with van der Waals surface area (Å²) < 4.78 is 0. The van der Waals surface area contributed by atoms with Crippen LogP contribution in [-0.2, 0) is 0 Å². The summed E-state index contributed by atoms with van der Waals surface area (Å²) in [5, 5.41) is 0. The van der Waals surface area contributed by atoms with Crippen LogP contribution in [0, 0.1) is 0 Å². The Labute approximate surface area is 82.0 Å². The molecule has 0 aliphatic heterocycles. The fourth-order valence-electron chi connectivity index (χ4n) is 1.45. The fraction of sp³-hybridized carbons (Fsp3) is 0.538. The Bertz CT molecular complexity index is 164. The van der Waals surface area contributed by atoms with Gasteiger partial charge >= 0.3 is 0 Å². The summed E-state index contributed by atoms with van der Waals surface area (Å²) in [4.78, 5) is 0. The second-order valence-corrected chi connectivity index (χ2v) is 3.51. The van der Waals surface area contributed by atoms with Crippen LogP contribution in [0.4, 0.5) is 0 Å². The molecule has 0 nitrogen and oxygen atoms in total. The van der Waals surface area contributed by atoms with Crippen molar-refractivity contribution in [1.82, 2.24) is 0 Å². The summed E-state index contributed by atoms with van der Waals surface area (Å²) in [5.41, 5.74) is 0. The first-order valence-corrected chi connectivity index (χ1v) is 5.45. The molecule has 0 radical (unpaired) electrons. The molecule has 0 spiro atoms. The van der Waals surface area contributed by atoms with Crippen LogP contribution in [0.25, 0.3) is 0 Å². The van der Waals surface area contributed by atoms with Crippen molar-refractivity contribution in [2.24, 2.45) is 0 Å². The molecule has 0 heteroatoms. The van der Waals surface area contributed by atoms with Gasteiger partial charge in [0, 0.05) is 0 Å². The van der Waals surface area contributed by atoms with E-state index in [9.17, 15) is 0 Å². The lowest BCUT2D eigenvalue weighted by Crippen LogP contribution is -1.70. The minimum absolute atomic E-state index is 1.12. The van der Waals surface area contributed by atoms with Gasteiger partial charge in [0.15, 0.2) is 0 Å². The molecular formula is C13H20. The average molecular weight is 176 g/mol. The van der Waals surface area contributed by atoms with Crippen LogP contribution in [0.1, 0.15) is 44.9 Å². The van der Waals surface area contributed by atoms with E-state index >= 15 is 0 Å². The van der Waals surface area contributed by atoms with E-state index < -0.39 is 0 Å². The third-order valence-corrected chi connectivity index (χ3v) is 2.26. The normalized spacial score (nSPS) is 27.7. The first-order chi connectivity index (χ1) is 6.50. The molecule has 0 aromatic heterocycles. The van der Waals surface area contributed by atoms with E-state index in [1.807, 2.05) is 0 Å². The number of allylic oxidation sites excluding steroid dienone is 6. The van der Waals surface area contributed by atoms with Crippen molar-refractivity contribution in [3.63, 3.8) is 0 Å². The zero-order chi connectivity index (χ0) is 9.19. The highest BCUT2D eigenvalue weighted by Crippen LogP contribution is 2.04. The lowest BCUT2D eigenvalue weighted by atomic mass is 10.2. The molecule has 1 aliphatic carbocycles. The van der Waals surface area contributed by atoms with Gasteiger partial charge in [-0.3, -0.25) is 0 Å². The quantitative estimate of drug-likeness (QED) is 0.480. The Morgan fingerprint density at radius 2 is 0.846 bits per heavy atom. The highest BCUT2D eigenvalue weighted by molar-refractivity contribution is 4.94. The Morgan fingerprint density at radius 1 is 0.462 bits per heavy atom. The van der Waals surface area contributed by atoms with Gasteiger partial charge < -0.3 is 0 Å². The Hall–Kier alpha value is -0.780. The predicted octanol–water partition coefficient (Wildman–Crippen LogP) is 4.40. The molecule has 0 fully saturated rings. The first-order valence-electron chi connectivity index (χ1n) is 5.45. The van der Waals surface area contributed by atoms with Crippen molar-refractivity contribution in [2.45, 2.75) is 44.9 Å². The molecule has 72 valence electrons. The fourth-order valence-corrected chi connectivity index (χ4v) is 1.45. The van der Waals surface area contributed by atoms with Gasteiger partial charge in [0.25, 0.3) is 0 Å². The summed E-state index contributed by atoms with van der Waals surface area (Å²) in [6.07, 6.45) is 22.5. The van der Waals surface area contributed by atoms with Crippen molar-refractivity contribution in [1.29, 1.82) is 0 Å². The molecular weight excluding hydrogens is 156 g/mol. The van der Waals surface area contributed by atoms with Gasteiger partial charge in [-0.1, -0.05) is 36.5 Å². The molecule has 0 atom stereocenters. The molecule has 0 aromatic carbocycles. The molecule has 0 saturated carbocycles. The van der Waals surface area contributed by atoms with Gasteiger partial charge in [0.05, 0.1) is 0 Å². The standard InChI is InChI=1S/C13H20/c1-2-4-6-8-10-12-13-11-9-7-5-3-1/h1-2,5,7,10,12H,3-4,6,8-9,11,13H2/b2-1-,7-5-,12-10-. The van der Waals surface area contributed by atoms with Crippen molar-refractivity contribution >= 4 is 0 Å². The van der Waals surface area contributed by atoms with E-state index in [1.165, 1.54) is 38.5 Å². The average Bonchev–Trinajstić information content (AvgIpc) is 2.18. The zero-order valence-electron chi connectivity index (χ0n) is 8.41. The van der Waals surface area contributed by atoms with Gasteiger partial charge in [-0.15, -0.1) is 0 Å². The maximum atomic E-state index is 2.33. The van der Waals surface area contributed by atoms with Crippen LogP contribution < -0.4 is 0 Å². The second-order valence-electron chi connectivity index (χ2n) is 3.51. The SMILES string of the molecule is C1=C\CCC/C=C\CCC/C=C\C/1. The van der Waals surface area contributed by atoms with Crippen molar-refractivity contribution < 1.29 is 0 Å². The van der Waals surface area contributed by atoms with Crippen LogP contribution >= 0.6 is 0 Å². The topological polar surface area (TPSA) is 0 Å². The van der Waals surface area contributed by atoms with Crippen LogP contribution in [0.3, 0.4) is 0 Å². The summed E-state index contributed by atoms with van der Waals surface area (Å²) >= 11 is 0. The molecule has 0 unspecified atom stereocenters. The van der Waals surface area contributed by atoms with E-state index in [-0.39, 0.29) is 0 Å². The lowest BCUT2D eigenvalue weighted by molar-refractivity contribution is 0.842. The first kappa shape index (κ1) is 10.3. The molecule has 1 aliphatic rings. The van der Waals surface area contributed by atoms with E-state index in [0.717, 1.165) is 6.42 Å². The third-order valence-electron chi connectivity index (χ3n) is 2.26. The smallest absolute Gasteiger partial charge is 0.0169 e. The molecule has 0 heterocycles. The van der Waals surface area contributed by atoms with E-state index in [0.29, 0.717) is 0 Å². The molecule has 0 saturated heterocycles. The Balaban J connectivity index is 2.27. The zero-order valence-corrected chi connectivity index (χ0v) is 8.41. The van der Waals surface area contributed by atoms with Gasteiger partial charge in [0.1, 0.15) is 0 Å². The highest BCUT2D eigenvalue weighted by Gasteiger charge is 1.84. The largest absolute Gasteiger partial charge is 0.0885 e. The second kappa shape index (κ2) is 7.85. The lowest BCUT2D eigenvalue weighted by Gasteiger charge is -1.90. The van der Waals surface area contributed by atoms with Crippen LogP contribution in [0.5, 0.6) is 0 Å². The van der Waals surface area contributed by atoms with Crippen molar-refractivity contribution in [3.05, 3.63) is 36.5 Å². The summed E-state index contributed by atoms with van der Waals surface area (Å²) in [5.74, 6) is 0. The van der Waals surface area contributed by atoms with Crippen LogP contribution in [0.15, 0.2) is 36.5 Å². The maximum Gasteiger partial charge on any atom is -0.0169 e. The van der Waals surface area contributed by atoms with Gasteiger partial charge in [-0.05, 0) is 44.9 Å². The van der Waals surface area contributed by atoms with E-state index in [2.05, 4.69) is 36.5 Å². The minimum atomic E-state index is 1.12. The summed E-state index contributed by atoms with van der Waals surface area (Å²) in [6.45, 7) is 0.